The monoisotopic (exact) mass is 249 g/mol. The number of aryl methyl sites for hydroxylation is 1. The summed E-state index contributed by atoms with van der Waals surface area (Å²) in [5.41, 5.74) is 2.09. The standard InChI is InChI=1S/C15H24N2O/c1-4-5-11-17(3)12-10-15(18)16-14-8-6-13(2)7-9-14/h6-9H,4-5,10-12H2,1-3H3,(H,16,18)/p+1. The molecule has 3 nitrogen and oxygen atoms in total. The van der Waals surface area contributed by atoms with Crippen LogP contribution in [-0.2, 0) is 4.79 Å². The Balaban J connectivity index is 2.27. The number of unbranched alkanes of at least 4 members (excludes halogenated alkanes) is 1. The fraction of sp³-hybridized carbons (Fsp3) is 0.533. The molecule has 0 saturated carbocycles. The first-order chi connectivity index (χ1) is 8.61. The number of hydrogen-bond acceptors (Lipinski definition) is 1. The first-order valence-corrected chi connectivity index (χ1v) is 6.79. The van der Waals surface area contributed by atoms with Gasteiger partial charge in [0.25, 0.3) is 0 Å². The Labute approximate surface area is 110 Å². The highest BCUT2D eigenvalue weighted by atomic mass is 16.1. The third-order valence-corrected chi connectivity index (χ3v) is 3.07. The molecule has 0 spiro atoms. The van der Waals surface area contributed by atoms with Crippen molar-refractivity contribution in [1.82, 2.24) is 0 Å². The zero-order chi connectivity index (χ0) is 13.4. The quantitative estimate of drug-likeness (QED) is 0.757. The molecular weight excluding hydrogens is 224 g/mol. The molecule has 0 radical (unpaired) electrons. The number of benzene rings is 1. The number of amides is 1. The summed E-state index contributed by atoms with van der Waals surface area (Å²) < 4.78 is 0. The van der Waals surface area contributed by atoms with Crippen LogP contribution in [0, 0.1) is 6.92 Å². The smallest absolute Gasteiger partial charge is 0.230 e. The zero-order valence-electron chi connectivity index (χ0n) is 11.8. The molecule has 0 aromatic heterocycles. The number of carbonyl (C=O) groups is 1. The van der Waals surface area contributed by atoms with Gasteiger partial charge in [-0.3, -0.25) is 4.79 Å². The Bertz CT molecular complexity index is 359. The average Bonchev–Trinajstić information content (AvgIpc) is 2.36. The summed E-state index contributed by atoms with van der Waals surface area (Å²) in [6.45, 7) is 6.28. The second-order valence-electron chi connectivity index (χ2n) is 4.97. The van der Waals surface area contributed by atoms with Crippen molar-refractivity contribution in [1.29, 1.82) is 0 Å². The lowest BCUT2D eigenvalue weighted by Gasteiger charge is -2.13. The Morgan fingerprint density at radius 1 is 1.22 bits per heavy atom. The minimum atomic E-state index is 0.106. The normalized spacial score (nSPS) is 12.2. The highest BCUT2D eigenvalue weighted by molar-refractivity contribution is 5.90. The number of hydrogen-bond donors (Lipinski definition) is 2. The maximum absolute atomic E-state index is 11.8. The lowest BCUT2D eigenvalue weighted by Crippen LogP contribution is -3.09. The summed E-state index contributed by atoms with van der Waals surface area (Å²) in [4.78, 5) is 13.2. The van der Waals surface area contributed by atoms with Crippen LogP contribution in [0.25, 0.3) is 0 Å². The molecule has 1 atom stereocenters. The lowest BCUT2D eigenvalue weighted by atomic mass is 10.2. The molecule has 1 aromatic rings. The van der Waals surface area contributed by atoms with E-state index < -0.39 is 0 Å². The van der Waals surface area contributed by atoms with Crippen molar-refractivity contribution in [3.05, 3.63) is 29.8 Å². The van der Waals surface area contributed by atoms with Crippen molar-refractivity contribution in [3.63, 3.8) is 0 Å². The molecule has 1 rings (SSSR count). The highest BCUT2D eigenvalue weighted by Gasteiger charge is 2.07. The van der Waals surface area contributed by atoms with E-state index in [9.17, 15) is 4.79 Å². The maximum atomic E-state index is 11.8. The van der Waals surface area contributed by atoms with Crippen LogP contribution in [0.1, 0.15) is 31.7 Å². The van der Waals surface area contributed by atoms with Crippen molar-refractivity contribution in [2.24, 2.45) is 0 Å². The molecule has 0 bridgehead atoms. The van der Waals surface area contributed by atoms with Crippen LogP contribution in [0.5, 0.6) is 0 Å². The molecule has 0 aliphatic rings. The van der Waals surface area contributed by atoms with Gasteiger partial charge in [0, 0.05) is 5.69 Å². The van der Waals surface area contributed by atoms with E-state index in [0.717, 1.165) is 18.8 Å². The van der Waals surface area contributed by atoms with Crippen molar-refractivity contribution >= 4 is 11.6 Å². The van der Waals surface area contributed by atoms with Gasteiger partial charge in [-0.25, -0.2) is 0 Å². The van der Waals surface area contributed by atoms with Crippen LogP contribution < -0.4 is 10.2 Å². The number of quaternary nitrogens is 1. The molecule has 0 aliphatic heterocycles. The Morgan fingerprint density at radius 2 is 1.89 bits per heavy atom. The van der Waals surface area contributed by atoms with Gasteiger partial charge in [-0.2, -0.15) is 0 Å². The van der Waals surface area contributed by atoms with Crippen molar-refractivity contribution in [3.8, 4) is 0 Å². The largest absolute Gasteiger partial charge is 0.337 e. The Hall–Kier alpha value is -1.35. The van der Waals surface area contributed by atoms with Crippen LogP contribution >= 0.6 is 0 Å². The topological polar surface area (TPSA) is 33.5 Å². The van der Waals surface area contributed by atoms with Gasteiger partial charge in [-0.1, -0.05) is 31.0 Å². The van der Waals surface area contributed by atoms with E-state index in [0.29, 0.717) is 6.42 Å². The van der Waals surface area contributed by atoms with Gasteiger partial charge in [-0.15, -0.1) is 0 Å². The Morgan fingerprint density at radius 3 is 2.50 bits per heavy atom. The van der Waals surface area contributed by atoms with E-state index in [4.69, 9.17) is 0 Å². The summed E-state index contributed by atoms with van der Waals surface area (Å²) in [5.74, 6) is 0.106. The fourth-order valence-electron chi connectivity index (χ4n) is 1.79. The second-order valence-corrected chi connectivity index (χ2v) is 4.97. The molecule has 3 heteroatoms. The fourth-order valence-corrected chi connectivity index (χ4v) is 1.79. The van der Waals surface area contributed by atoms with E-state index in [1.807, 2.05) is 31.2 Å². The zero-order valence-corrected chi connectivity index (χ0v) is 11.8. The third kappa shape index (κ3) is 5.82. The molecule has 0 aliphatic carbocycles. The molecule has 0 heterocycles. The van der Waals surface area contributed by atoms with Gasteiger partial charge in [0.1, 0.15) is 0 Å². The minimum absolute atomic E-state index is 0.106. The summed E-state index contributed by atoms with van der Waals surface area (Å²) in [7, 11) is 2.15. The maximum Gasteiger partial charge on any atom is 0.230 e. The second kappa shape index (κ2) is 7.88. The van der Waals surface area contributed by atoms with E-state index in [-0.39, 0.29) is 5.91 Å². The minimum Gasteiger partial charge on any atom is -0.337 e. The SMILES string of the molecule is CCCC[NH+](C)CCC(=O)Nc1ccc(C)cc1. The molecule has 1 aromatic carbocycles. The number of anilines is 1. The summed E-state index contributed by atoms with van der Waals surface area (Å²) in [5, 5.41) is 2.93. The van der Waals surface area contributed by atoms with Crippen molar-refractivity contribution in [2.45, 2.75) is 33.1 Å². The average molecular weight is 249 g/mol. The van der Waals surface area contributed by atoms with Crippen LogP contribution in [0.3, 0.4) is 0 Å². The summed E-state index contributed by atoms with van der Waals surface area (Å²) in [6, 6.07) is 7.91. The molecule has 18 heavy (non-hydrogen) atoms. The van der Waals surface area contributed by atoms with Gasteiger partial charge < -0.3 is 10.2 Å². The predicted molar refractivity (Wildman–Crippen MR) is 76.0 cm³/mol. The number of rotatable bonds is 7. The molecule has 1 amide bonds. The van der Waals surface area contributed by atoms with E-state index in [2.05, 4.69) is 19.3 Å². The van der Waals surface area contributed by atoms with Crippen molar-refractivity contribution < 1.29 is 9.69 Å². The first kappa shape index (κ1) is 14.7. The first-order valence-electron chi connectivity index (χ1n) is 6.79. The van der Waals surface area contributed by atoms with E-state index >= 15 is 0 Å². The van der Waals surface area contributed by atoms with Crippen LogP contribution in [0.2, 0.25) is 0 Å². The lowest BCUT2D eigenvalue weighted by molar-refractivity contribution is -0.879. The number of carbonyl (C=O) groups excluding carboxylic acids is 1. The van der Waals surface area contributed by atoms with E-state index in [1.165, 1.54) is 23.3 Å². The summed E-state index contributed by atoms with van der Waals surface area (Å²) >= 11 is 0. The molecule has 0 saturated heterocycles. The predicted octanol–water partition coefficient (Wildman–Crippen LogP) is 1.64. The van der Waals surface area contributed by atoms with Crippen LogP contribution in [-0.4, -0.2) is 26.0 Å². The van der Waals surface area contributed by atoms with Crippen LogP contribution in [0.15, 0.2) is 24.3 Å². The van der Waals surface area contributed by atoms with E-state index in [1.54, 1.807) is 0 Å². The van der Waals surface area contributed by atoms with Gasteiger partial charge in [0.15, 0.2) is 0 Å². The molecule has 100 valence electrons. The highest BCUT2D eigenvalue weighted by Crippen LogP contribution is 2.08. The molecule has 2 N–H and O–H groups in total. The molecule has 1 unspecified atom stereocenters. The van der Waals surface area contributed by atoms with Gasteiger partial charge in [-0.05, 0) is 25.5 Å². The van der Waals surface area contributed by atoms with Gasteiger partial charge in [0.2, 0.25) is 5.91 Å². The summed E-state index contributed by atoms with van der Waals surface area (Å²) in [6.07, 6.45) is 3.03. The van der Waals surface area contributed by atoms with Gasteiger partial charge in [0.05, 0.1) is 26.6 Å². The third-order valence-electron chi connectivity index (χ3n) is 3.07. The Kier molecular flexibility index (Phi) is 6.44. The number of nitrogens with one attached hydrogen (secondary N) is 2. The van der Waals surface area contributed by atoms with Crippen LogP contribution in [0.4, 0.5) is 5.69 Å². The molecule has 0 fully saturated rings. The molecular formula is C15H25N2O+. The van der Waals surface area contributed by atoms with Crippen molar-refractivity contribution in [2.75, 3.05) is 25.5 Å². The van der Waals surface area contributed by atoms with Gasteiger partial charge >= 0.3 is 0 Å².